The summed E-state index contributed by atoms with van der Waals surface area (Å²) in [6.07, 6.45) is 4.35. The van der Waals surface area contributed by atoms with Crippen molar-refractivity contribution in [2.45, 2.75) is 50.0 Å². The molecule has 0 spiro atoms. The SMILES string of the molecule is CCCc1ccccc1S(=O)(=O)N[C@H]1[C@@H]2CCC[C@@H]2[C@@H]1C(=O)O. The van der Waals surface area contributed by atoms with Crippen LogP contribution in [0.1, 0.15) is 38.2 Å². The summed E-state index contributed by atoms with van der Waals surface area (Å²) in [7, 11) is -3.69. The van der Waals surface area contributed by atoms with Crippen LogP contribution >= 0.6 is 0 Å². The van der Waals surface area contributed by atoms with E-state index in [4.69, 9.17) is 0 Å². The Hall–Kier alpha value is -1.40. The summed E-state index contributed by atoms with van der Waals surface area (Å²) < 4.78 is 28.3. The molecule has 0 amide bonds. The zero-order chi connectivity index (χ0) is 16.6. The molecule has 0 aromatic heterocycles. The van der Waals surface area contributed by atoms with Gasteiger partial charge in [0.1, 0.15) is 0 Å². The number of fused-ring (bicyclic) bond motifs is 1. The molecule has 0 unspecified atom stereocenters. The van der Waals surface area contributed by atoms with Crippen LogP contribution in [0.4, 0.5) is 0 Å². The lowest BCUT2D eigenvalue weighted by atomic mass is 9.63. The Balaban J connectivity index is 1.85. The van der Waals surface area contributed by atoms with Crippen molar-refractivity contribution in [1.29, 1.82) is 0 Å². The maximum absolute atomic E-state index is 12.8. The molecule has 1 aromatic rings. The van der Waals surface area contributed by atoms with Crippen LogP contribution in [-0.2, 0) is 21.2 Å². The fraction of sp³-hybridized carbons (Fsp3) is 0.588. The molecule has 5 nitrogen and oxygen atoms in total. The van der Waals surface area contributed by atoms with Gasteiger partial charge >= 0.3 is 5.97 Å². The van der Waals surface area contributed by atoms with E-state index in [1.807, 2.05) is 19.1 Å². The molecule has 2 N–H and O–H groups in total. The van der Waals surface area contributed by atoms with Crippen molar-refractivity contribution in [2.75, 3.05) is 0 Å². The van der Waals surface area contributed by atoms with Gasteiger partial charge in [-0.2, -0.15) is 0 Å². The summed E-state index contributed by atoms with van der Waals surface area (Å²) in [5.41, 5.74) is 0.789. The predicted octanol–water partition coefficient (Wildman–Crippen LogP) is 2.42. The zero-order valence-electron chi connectivity index (χ0n) is 13.2. The van der Waals surface area contributed by atoms with Crippen molar-refractivity contribution >= 4 is 16.0 Å². The molecule has 0 heterocycles. The summed E-state index contributed by atoms with van der Waals surface area (Å²) in [6, 6.07) is 6.50. The first-order valence-corrected chi connectivity index (χ1v) is 9.77. The van der Waals surface area contributed by atoms with Crippen molar-refractivity contribution in [3.8, 4) is 0 Å². The lowest BCUT2D eigenvalue weighted by molar-refractivity contribution is -0.152. The van der Waals surface area contributed by atoms with Crippen LogP contribution in [0, 0.1) is 17.8 Å². The molecule has 0 aliphatic heterocycles. The molecule has 2 fully saturated rings. The summed E-state index contributed by atoms with van der Waals surface area (Å²) >= 11 is 0. The third kappa shape index (κ3) is 2.90. The predicted molar refractivity (Wildman–Crippen MR) is 86.5 cm³/mol. The quantitative estimate of drug-likeness (QED) is 0.835. The molecule has 23 heavy (non-hydrogen) atoms. The molecule has 0 bridgehead atoms. The first kappa shape index (κ1) is 16.5. The Morgan fingerprint density at radius 2 is 1.96 bits per heavy atom. The van der Waals surface area contributed by atoms with Crippen molar-refractivity contribution < 1.29 is 18.3 Å². The standard InChI is InChI=1S/C17H23NO4S/c1-2-6-11-7-3-4-10-14(11)23(21,22)18-16-13-9-5-8-12(13)15(16)17(19)20/h3-4,7,10,12-13,15-16,18H,2,5-6,8-9H2,1H3,(H,19,20)/t12-,13+,15-,16-/m0/s1. The van der Waals surface area contributed by atoms with Gasteiger partial charge in [-0.15, -0.1) is 0 Å². The number of aliphatic carboxylic acids is 1. The molecule has 2 aliphatic rings. The van der Waals surface area contributed by atoms with Crippen LogP contribution < -0.4 is 4.72 Å². The molecular weight excluding hydrogens is 314 g/mol. The van der Waals surface area contributed by atoms with Gasteiger partial charge in [-0.05, 0) is 42.7 Å². The highest BCUT2D eigenvalue weighted by Crippen LogP contribution is 2.51. The monoisotopic (exact) mass is 337 g/mol. The van der Waals surface area contributed by atoms with Gasteiger partial charge in [0.25, 0.3) is 0 Å². The molecule has 2 saturated carbocycles. The maximum atomic E-state index is 12.8. The Labute approximate surface area is 137 Å². The van der Waals surface area contributed by atoms with E-state index in [1.165, 1.54) is 0 Å². The van der Waals surface area contributed by atoms with Crippen molar-refractivity contribution in [2.24, 2.45) is 17.8 Å². The van der Waals surface area contributed by atoms with Gasteiger partial charge in [0.15, 0.2) is 0 Å². The summed E-state index contributed by atoms with van der Waals surface area (Å²) in [4.78, 5) is 11.8. The highest BCUT2D eigenvalue weighted by atomic mass is 32.2. The third-order valence-electron chi connectivity index (χ3n) is 5.29. The molecule has 1 aromatic carbocycles. The summed E-state index contributed by atoms with van der Waals surface area (Å²) in [5, 5.41) is 9.42. The first-order chi connectivity index (χ1) is 11.0. The molecule has 126 valence electrons. The second-order valence-corrected chi connectivity index (χ2v) is 8.31. The molecule has 3 rings (SSSR count). The number of carboxylic acids is 1. The van der Waals surface area contributed by atoms with Crippen LogP contribution in [0.2, 0.25) is 0 Å². The smallest absolute Gasteiger partial charge is 0.308 e. The Morgan fingerprint density at radius 3 is 2.65 bits per heavy atom. The van der Waals surface area contributed by atoms with E-state index in [-0.39, 0.29) is 16.7 Å². The highest BCUT2D eigenvalue weighted by molar-refractivity contribution is 7.89. The molecule has 4 atom stereocenters. The minimum Gasteiger partial charge on any atom is -0.481 e. The average Bonchev–Trinajstić information content (AvgIpc) is 2.89. The molecule has 2 aliphatic carbocycles. The van der Waals surface area contributed by atoms with Gasteiger partial charge in [-0.3, -0.25) is 4.79 Å². The maximum Gasteiger partial charge on any atom is 0.308 e. The van der Waals surface area contributed by atoms with Crippen molar-refractivity contribution in [3.05, 3.63) is 29.8 Å². The summed E-state index contributed by atoms with van der Waals surface area (Å²) in [5.74, 6) is -1.17. The minimum atomic E-state index is -3.69. The van der Waals surface area contributed by atoms with Crippen molar-refractivity contribution in [3.63, 3.8) is 0 Å². The van der Waals surface area contributed by atoms with E-state index >= 15 is 0 Å². The third-order valence-corrected chi connectivity index (χ3v) is 6.85. The van der Waals surface area contributed by atoms with Gasteiger partial charge in [-0.1, -0.05) is 38.0 Å². The number of carbonyl (C=O) groups is 1. The lowest BCUT2D eigenvalue weighted by Crippen LogP contribution is -2.60. The second kappa shape index (κ2) is 6.24. The molecule has 6 heteroatoms. The number of hydrogen-bond donors (Lipinski definition) is 2. The second-order valence-electron chi connectivity index (χ2n) is 6.63. The van der Waals surface area contributed by atoms with E-state index in [0.29, 0.717) is 6.42 Å². The first-order valence-electron chi connectivity index (χ1n) is 8.28. The van der Waals surface area contributed by atoms with Gasteiger partial charge in [0, 0.05) is 6.04 Å². The van der Waals surface area contributed by atoms with Crippen LogP contribution in [0.5, 0.6) is 0 Å². The largest absolute Gasteiger partial charge is 0.481 e. The number of rotatable bonds is 6. The molecule has 0 saturated heterocycles. The Bertz CT molecular complexity index is 700. The van der Waals surface area contributed by atoms with Crippen LogP contribution in [0.3, 0.4) is 0 Å². The van der Waals surface area contributed by atoms with Crippen LogP contribution in [0.15, 0.2) is 29.2 Å². The fourth-order valence-corrected chi connectivity index (χ4v) is 5.86. The summed E-state index contributed by atoms with van der Waals surface area (Å²) in [6.45, 7) is 2.01. The van der Waals surface area contributed by atoms with E-state index in [1.54, 1.807) is 12.1 Å². The number of nitrogens with one attached hydrogen (secondary N) is 1. The van der Waals surface area contributed by atoms with Gasteiger partial charge in [-0.25, -0.2) is 13.1 Å². The van der Waals surface area contributed by atoms with Crippen LogP contribution in [0.25, 0.3) is 0 Å². The van der Waals surface area contributed by atoms with E-state index in [0.717, 1.165) is 31.2 Å². The Morgan fingerprint density at radius 1 is 1.26 bits per heavy atom. The minimum absolute atomic E-state index is 0.131. The van der Waals surface area contributed by atoms with Gasteiger partial charge in [0.2, 0.25) is 10.0 Å². The lowest BCUT2D eigenvalue weighted by Gasteiger charge is -2.46. The van der Waals surface area contributed by atoms with Crippen molar-refractivity contribution in [1.82, 2.24) is 4.72 Å². The number of hydrogen-bond acceptors (Lipinski definition) is 3. The molecular formula is C17H23NO4S. The van der Waals surface area contributed by atoms with Gasteiger partial charge < -0.3 is 5.11 Å². The fourth-order valence-electron chi connectivity index (χ4n) is 4.28. The topological polar surface area (TPSA) is 83.5 Å². The van der Waals surface area contributed by atoms with Gasteiger partial charge in [0.05, 0.1) is 10.8 Å². The number of benzene rings is 1. The zero-order valence-corrected chi connectivity index (χ0v) is 14.1. The highest BCUT2D eigenvalue weighted by Gasteiger charge is 2.56. The Kier molecular flexibility index (Phi) is 4.47. The average molecular weight is 337 g/mol. The van der Waals surface area contributed by atoms with Crippen LogP contribution in [-0.4, -0.2) is 25.5 Å². The number of aryl methyl sites for hydroxylation is 1. The van der Waals surface area contributed by atoms with E-state index < -0.39 is 28.0 Å². The number of sulfonamides is 1. The molecule has 0 radical (unpaired) electrons. The number of carboxylic acid groups (broad SMARTS) is 1. The normalized spacial score (nSPS) is 29.8. The van der Waals surface area contributed by atoms with E-state index in [9.17, 15) is 18.3 Å². The van der Waals surface area contributed by atoms with E-state index in [2.05, 4.69) is 4.72 Å².